The van der Waals surface area contributed by atoms with Crippen molar-refractivity contribution in [2.75, 3.05) is 5.32 Å². The van der Waals surface area contributed by atoms with Crippen molar-refractivity contribution in [3.8, 4) is 11.5 Å². The molecule has 3 aromatic heterocycles. The number of anilines is 1. The van der Waals surface area contributed by atoms with Crippen molar-refractivity contribution in [3.63, 3.8) is 0 Å². The number of aromatic nitrogens is 4. The lowest BCUT2D eigenvalue weighted by atomic mass is 10.3. The standard InChI is InChI=1S/C15H10FN5O2/c16-14-3-1-2-13(21-14)15(22)20-10-4-11(6-17-5-10)23-12-7-18-9-19-8-12/h1-9H,(H,20,22). The lowest BCUT2D eigenvalue weighted by Crippen LogP contribution is -2.14. The van der Waals surface area contributed by atoms with Crippen LogP contribution in [0.15, 0.2) is 55.4 Å². The Kier molecular flexibility index (Phi) is 4.14. The van der Waals surface area contributed by atoms with Gasteiger partial charge >= 0.3 is 0 Å². The highest BCUT2D eigenvalue weighted by atomic mass is 19.1. The lowest BCUT2D eigenvalue weighted by molar-refractivity contribution is 0.102. The van der Waals surface area contributed by atoms with E-state index in [1.807, 2.05) is 0 Å². The van der Waals surface area contributed by atoms with Crippen molar-refractivity contribution in [1.82, 2.24) is 19.9 Å². The monoisotopic (exact) mass is 311 g/mol. The molecule has 0 fully saturated rings. The Labute approximate surface area is 130 Å². The van der Waals surface area contributed by atoms with E-state index in [-0.39, 0.29) is 5.69 Å². The first kappa shape index (κ1) is 14.5. The van der Waals surface area contributed by atoms with Gasteiger partial charge < -0.3 is 10.1 Å². The van der Waals surface area contributed by atoms with E-state index in [1.54, 1.807) is 6.07 Å². The highest BCUT2D eigenvalue weighted by Crippen LogP contribution is 2.21. The molecule has 0 bridgehead atoms. The van der Waals surface area contributed by atoms with Crippen molar-refractivity contribution in [1.29, 1.82) is 0 Å². The minimum atomic E-state index is -0.725. The van der Waals surface area contributed by atoms with E-state index < -0.39 is 11.9 Å². The van der Waals surface area contributed by atoms with Crippen LogP contribution in [0.5, 0.6) is 11.5 Å². The Hall–Kier alpha value is -3.42. The number of ether oxygens (including phenoxy) is 1. The molecule has 0 spiro atoms. The molecule has 8 heteroatoms. The number of carbonyl (C=O) groups excluding carboxylic acids is 1. The first-order valence-electron chi connectivity index (χ1n) is 6.52. The Bertz CT molecular complexity index is 829. The van der Waals surface area contributed by atoms with Gasteiger partial charge in [0.05, 0.1) is 30.5 Å². The van der Waals surface area contributed by atoms with Crippen molar-refractivity contribution < 1.29 is 13.9 Å². The molecule has 0 unspecified atom stereocenters. The van der Waals surface area contributed by atoms with E-state index in [1.165, 1.54) is 43.2 Å². The molecule has 7 nitrogen and oxygen atoms in total. The Morgan fingerprint density at radius 2 is 1.83 bits per heavy atom. The van der Waals surface area contributed by atoms with E-state index in [0.29, 0.717) is 17.2 Å². The number of carbonyl (C=O) groups is 1. The van der Waals surface area contributed by atoms with Crippen LogP contribution in [0.25, 0.3) is 0 Å². The van der Waals surface area contributed by atoms with Crippen molar-refractivity contribution in [3.05, 3.63) is 67.0 Å². The zero-order valence-electron chi connectivity index (χ0n) is 11.7. The molecule has 0 atom stereocenters. The summed E-state index contributed by atoms with van der Waals surface area (Å²) in [6.45, 7) is 0. The molecule has 0 aromatic carbocycles. The third-order valence-corrected chi connectivity index (χ3v) is 2.69. The van der Waals surface area contributed by atoms with Gasteiger partial charge in [0.2, 0.25) is 5.95 Å². The number of nitrogens with zero attached hydrogens (tertiary/aromatic N) is 4. The fourth-order valence-corrected chi connectivity index (χ4v) is 1.75. The number of hydrogen-bond acceptors (Lipinski definition) is 6. The first-order valence-corrected chi connectivity index (χ1v) is 6.52. The van der Waals surface area contributed by atoms with E-state index in [2.05, 4.69) is 25.3 Å². The van der Waals surface area contributed by atoms with E-state index in [9.17, 15) is 9.18 Å². The minimum Gasteiger partial charge on any atom is -0.452 e. The highest BCUT2D eigenvalue weighted by Gasteiger charge is 2.09. The summed E-state index contributed by atoms with van der Waals surface area (Å²) in [6.07, 6.45) is 7.28. The molecular formula is C15H10FN5O2. The molecule has 0 radical (unpaired) electrons. The Balaban J connectivity index is 1.74. The van der Waals surface area contributed by atoms with Gasteiger partial charge in [-0.1, -0.05) is 6.07 Å². The smallest absolute Gasteiger partial charge is 0.274 e. The second kappa shape index (κ2) is 6.56. The quantitative estimate of drug-likeness (QED) is 0.744. The second-order valence-corrected chi connectivity index (χ2v) is 4.39. The average Bonchev–Trinajstić information content (AvgIpc) is 2.56. The number of pyridine rings is 2. The highest BCUT2D eigenvalue weighted by molar-refractivity contribution is 6.02. The predicted molar refractivity (Wildman–Crippen MR) is 78.5 cm³/mol. The number of halogens is 1. The molecule has 0 saturated heterocycles. The summed E-state index contributed by atoms with van der Waals surface area (Å²) in [5.74, 6) is -0.446. The van der Waals surface area contributed by atoms with Crippen LogP contribution < -0.4 is 10.1 Å². The largest absolute Gasteiger partial charge is 0.452 e. The predicted octanol–water partition coefficient (Wildman–Crippen LogP) is 2.45. The lowest BCUT2D eigenvalue weighted by Gasteiger charge is -2.07. The fraction of sp³-hybridized carbons (Fsp3) is 0. The number of hydrogen-bond donors (Lipinski definition) is 1. The van der Waals surface area contributed by atoms with Crippen LogP contribution in [0, 0.1) is 5.95 Å². The zero-order chi connectivity index (χ0) is 16.1. The summed E-state index contributed by atoms with van der Waals surface area (Å²) in [5, 5.41) is 2.57. The summed E-state index contributed by atoms with van der Waals surface area (Å²) >= 11 is 0. The van der Waals surface area contributed by atoms with E-state index in [4.69, 9.17) is 4.74 Å². The zero-order valence-corrected chi connectivity index (χ0v) is 11.7. The summed E-state index contributed by atoms with van der Waals surface area (Å²) in [5.41, 5.74) is 0.350. The number of rotatable bonds is 4. The van der Waals surface area contributed by atoms with Crippen molar-refractivity contribution >= 4 is 11.6 Å². The van der Waals surface area contributed by atoms with E-state index >= 15 is 0 Å². The average molecular weight is 311 g/mol. The molecule has 0 saturated carbocycles. The molecule has 1 N–H and O–H groups in total. The molecule has 3 heterocycles. The normalized spacial score (nSPS) is 10.1. The van der Waals surface area contributed by atoms with Gasteiger partial charge in [-0.3, -0.25) is 9.78 Å². The van der Waals surface area contributed by atoms with Gasteiger partial charge in [0.1, 0.15) is 17.8 Å². The van der Waals surface area contributed by atoms with Gasteiger partial charge in [0.15, 0.2) is 5.75 Å². The fourth-order valence-electron chi connectivity index (χ4n) is 1.75. The van der Waals surface area contributed by atoms with Crippen LogP contribution in [0.1, 0.15) is 10.5 Å². The maximum atomic E-state index is 13.0. The van der Waals surface area contributed by atoms with Gasteiger partial charge in [-0.05, 0) is 12.1 Å². The van der Waals surface area contributed by atoms with Gasteiger partial charge in [-0.15, -0.1) is 0 Å². The third-order valence-electron chi connectivity index (χ3n) is 2.69. The second-order valence-electron chi connectivity index (χ2n) is 4.39. The topological polar surface area (TPSA) is 89.9 Å². The summed E-state index contributed by atoms with van der Waals surface area (Å²) in [4.78, 5) is 27.1. The van der Waals surface area contributed by atoms with Gasteiger partial charge in [0.25, 0.3) is 5.91 Å². The molecule has 0 aliphatic heterocycles. The SMILES string of the molecule is O=C(Nc1cncc(Oc2cncnc2)c1)c1cccc(F)n1. The minimum absolute atomic E-state index is 0.0345. The maximum Gasteiger partial charge on any atom is 0.274 e. The number of nitrogens with one attached hydrogen (secondary N) is 1. The Morgan fingerprint density at radius 3 is 2.61 bits per heavy atom. The van der Waals surface area contributed by atoms with Crippen LogP contribution in [0.2, 0.25) is 0 Å². The molecule has 3 aromatic rings. The summed E-state index contributed by atoms with van der Waals surface area (Å²) in [7, 11) is 0. The third kappa shape index (κ3) is 3.82. The van der Waals surface area contributed by atoms with Crippen LogP contribution >= 0.6 is 0 Å². The molecule has 114 valence electrons. The molecule has 0 aliphatic carbocycles. The van der Waals surface area contributed by atoms with Crippen LogP contribution in [-0.2, 0) is 0 Å². The Morgan fingerprint density at radius 1 is 1.04 bits per heavy atom. The van der Waals surface area contributed by atoms with Crippen LogP contribution in [0.3, 0.4) is 0 Å². The summed E-state index contributed by atoms with van der Waals surface area (Å²) in [6, 6.07) is 5.55. The first-order chi connectivity index (χ1) is 11.2. The maximum absolute atomic E-state index is 13.0. The molecule has 0 aliphatic rings. The van der Waals surface area contributed by atoms with Crippen molar-refractivity contribution in [2.45, 2.75) is 0 Å². The molecule has 3 rings (SSSR count). The molecule has 1 amide bonds. The van der Waals surface area contributed by atoms with Gasteiger partial charge in [0, 0.05) is 6.07 Å². The molecule has 23 heavy (non-hydrogen) atoms. The summed E-state index contributed by atoms with van der Waals surface area (Å²) < 4.78 is 18.5. The van der Waals surface area contributed by atoms with Gasteiger partial charge in [-0.2, -0.15) is 4.39 Å². The van der Waals surface area contributed by atoms with Crippen LogP contribution in [0.4, 0.5) is 10.1 Å². The van der Waals surface area contributed by atoms with Crippen LogP contribution in [-0.4, -0.2) is 25.8 Å². The molecular weight excluding hydrogens is 301 g/mol. The number of amides is 1. The van der Waals surface area contributed by atoms with Crippen molar-refractivity contribution in [2.24, 2.45) is 0 Å². The van der Waals surface area contributed by atoms with E-state index in [0.717, 1.165) is 6.07 Å². The van der Waals surface area contributed by atoms with Gasteiger partial charge in [-0.25, -0.2) is 15.0 Å².